The molecule has 9 heteroatoms. The lowest BCUT2D eigenvalue weighted by molar-refractivity contribution is -0.385. The highest BCUT2D eigenvalue weighted by atomic mass is 35.5. The van der Waals surface area contributed by atoms with Gasteiger partial charge in [0.15, 0.2) is 0 Å². The fourth-order valence-corrected chi connectivity index (χ4v) is 5.24. The summed E-state index contributed by atoms with van der Waals surface area (Å²) >= 11 is 0. The van der Waals surface area contributed by atoms with Crippen LogP contribution in [0.3, 0.4) is 0 Å². The first-order valence-electron chi connectivity index (χ1n) is 8.27. The smallest absolute Gasteiger partial charge is 0.273 e. The molecule has 1 saturated heterocycles. The topological polar surface area (TPSA) is 92.6 Å². The van der Waals surface area contributed by atoms with E-state index in [1.165, 1.54) is 10.4 Å². The third kappa shape index (κ3) is 4.69. The third-order valence-corrected chi connectivity index (χ3v) is 6.53. The molecule has 0 spiro atoms. The van der Waals surface area contributed by atoms with Crippen LogP contribution in [0.15, 0.2) is 17.0 Å². The fourth-order valence-electron chi connectivity index (χ4n) is 3.24. The zero-order chi connectivity index (χ0) is 17.9. The van der Waals surface area contributed by atoms with E-state index < -0.39 is 14.9 Å². The number of halogens is 1. The number of piperidine rings is 1. The molecule has 142 valence electrons. The number of nitrogens with one attached hydrogen (secondary N) is 1. The Hall–Kier alpha value is -1.22. The average molecular weight is 392 g/mol. The monoisotopic (exact) mass is 391 g/mol. The second-order valence-electron chi connectivity index (χ2n) is 6.26. The molecule has 0 radical (unpaired) electrons. The first-order valence-corrected chi connectivity index (χ1v) is 9.71. The molecule has 2 rings (SSSR count). The molecule has 25 heavy (non-hydrogen) atoms. The first kappa shape index (κ1) is 21.8. The number of nitro benzene ring substituents is 1. The molecule has 1 aliphatic heterocycles. The largest absolute Gasteiger partial charge is 0.317 e. The molecule has 0 aliphatic carbocycles. The summed E-state index contributed by atoms with van der Waals surface area (Å²) in [5.74, 6) is 0. The molecule has 1 aliphatic rings. The van der Waals surface area contributed by atoms with Gasteiger partial charge in [0.25, 0.3) is 5.69 Å². The highest BCUT2D eigenvalue weighted by Crippen LogP contribution is 2.30. The molecule has 0 unspecified atom stereocenters. The summed E-state index contributed by atoms with van der Waals surface area (Å²) in [6, 6.07) is 2.73. The number of nitrogens with zero attached hydrogens (tertiary/aromatic N) is 2. The lowest BCUT2D eigenvalue weighted by atomic mass is 10.1. The lowest BCUT2D eigenvalue weighted by Gasteiger charge is -2.34. The van der Waals surface area contributed by atoms with Gasteiger partial charge in [-0.1, -0.05) is 6.92 Å². The van der Waals surface area contributed by atoms with Gasteiger partial charge in [-0.3, -0.25) is 10.1 Å². The molecule has 0 bridgehead atoms. The van der Waals surface area contributed by atoms with Crippen molar-refractivity contribution in [3.05, 3.63) is 33.4 Å². The van der Waals surface area contributed by atoms with Gasteiger partial charge in [0.1, 0.15) is 0 Å². The second-order valence-corrected chi connectivity index (χ2v) is 8.12. The number of benzene rings is 1. The van der Waals surface area contributed by atoms with Crippen molar-refractivity contribution in [1.29, 1.82) is 0 Å². The Labute approximate surface area is 155 Å². The Bertz CT molecular complexity index is 718. The number of hydrogen-bond donors (Lipinski definition) is 1. The highest BCUT2D eigenvalue weighted by molar-refractivity contribution is 7.89. The van der Waals surface area contributed by atoms with Crippen molar-refractivity contribution in [3.63, 3.8) is 0 Å². The number of hydrogen-bond acceptors (Lipinski definition) is 5. The van der Waals surface area contributed by atoms with Crippen molar-refractivity contribution in [2.24, 2.45) is 0 Å². The van der Waals surface area contributed by atoms with Gasteiger partial charge in [-0.2, -0.15) is 4.31 Å². The summed E-state index contributed by atoms with van der Waals surface area (Å²) < 4.78 is 28.0. The number of aryl methyl sites for hydroxylation is 2. The average Bonchev–Trinajstić information content (AvgIpc) is 2.52. The molecule has 1 N–H and O–H groups in total. The van der Waals surface area contributed by atoms with Crippen LogP contribution < -0.4 is 5.32 Å². The van der Waals surface area contributed by atoms with Crippen molar-refractivity contribution >= 4 is 28.1 Å². The van der Waals surface area contributed by atoms with Crippen LogP contribution in [0.5, 0.6) is 0 Å². The molecule has 1 fully saturated rings. The molecule has 1 aromatic carbocycles. The van der Waals surface area contributed by atoms with Crippen molar-refractivity contribution in [2.45, 2.75) is 51.0 Å². The molecule has 1 aromatic rings. The number of nitro groups is 1. The van der Waals surface area contributed by atoms with E-state index in [9.17, 15) is 18.5 Å². The molecular formula is C16H26ClN3O4S. The van der Waals surface area contributed by atoms with Crippen molar-refractivity contribution < 1.29 is 13.3 Å². The predicted molar refractivity (Wildman–Crippen MR) is 99.9 cm³/mol. The number of sulfonamides is 1. The minimum atomic E-state index is -3.77. The van der Waals surface area contributed by atoms with E-state index in [1.807, 2.05) is 6.92 Å². The molecule has 0 amide bonds. The van der Waals surface area contributed by atoms with Gasteiger partial charge in [0, 0.05) is 24.2 Å². The highest BCUT2D eigenvalue weighted by Gasteiger charge is 2.34. The minimum absolute atomic E-state index is 0. The van der Waals surface area contributed by atoms with Crippen molar-refractivity contribution in [2.75, 3.05) is 19.6 Å². The van der Waals surface area contributed by atoms with E-state index in [1.54, 1.807) is 19.9 Å². The standard InChI is InChI=1S/C16H25N3O4S.ClH/c1-4-9-18(14-5-7-17-8-6-14)24(22,23)16-11-15(19(20)21)12(2)10-13(16)3;/h10-11,14,17H,4-9H2,1-3H3;1H. The first-order chi connectivity index (χ1) is 11.3. The summed E-state index contributed by atoms with van der Waals surface area (Å²) in [7, 11) is -3.77. The minimum Gasteiger partial charge on any atom is -0.317 e. The Kier molecular flexibility index (Phi) is 7.80. The summed E-state index contributed by atoms with van der Waals surface area (Å²) in [5.41, 5.74) is 0.870. The quantitative estimate of drug-likeness (QED) is 0.594. The van der Waals surface area contributed by atoms with Gasteiger partial charge < -0.3 is 5.32 Å². The Balaban J connectivity index is 0.00000312. The Morgan fingerprint density at radius 3 is 2.36 bits per heavy atom. The lowest BCUT2D eigenvalue weighted by Crippen LogP contribution is -2.46. The SMILES string of the molecule is CCCN(C1CCNCC1)S(=O)(=O)c1cc([N+](=O)[O-])c(C)cc1C.Cl. The predicted octanol–water partition coefficient (Wildman–Crippen LogP) is 2.79. The summed E-state index contributed by atoms with van der Waals surface area (Å²) in [5, 5.41) is 14.4. The Morgan fingerprint density at radius 2 is 1.84 bits per heavy atom. The van der Waals surface area contributed by atoms with Crippen LogP contribution in [0.4, 0.5) is 5.69 Å². The van der Waals surface area contributed by atoms with Crippen molar-refractivity contribution in [1.82, 2.24) is 9.62 Å². The maximum absolute atomic E-state index is 13.2. The van der Waals surface area contributed by atoms with Crippen LogP contribution in [0.25, 0.3) is 0 Å². The summed E-state index contributed by atoms with van der Waals surface area (Å²) in [4.78, 5) is 10.7. The van der Waals surface area contributed by atoms with E-state index in [0.717, 1.165) is 25.9 Å². The maximum atomic E-state index is 13.2. The van der Waals surface area contributed by atoms with E-state index in [-0.39, 0.29) is 29.0 Å². The van der Waals surface area contributed by atoms with Gasteiger partial charge in [0.05, 0.1) is 9.82 Å². The molecule has 0 atom stereocenters. The zero-order valence-corrected chi connectivity index (χ0v) is 16.5. The molecular weight excluding hydrogens is 366 g/mol. The van der Waals surface area contributed by atoms with Crippen LogP contribution in [0, 0.1) is 24.0 Å². The van der Waals surface area contributed by atoms with E-state index in [0.29, 0.717) is 24.1 Å². The summed E-state index contributed by atoms with van der Waals surface area (Å²) in [6.07, 6.45) is 2.22. The molecule has 7 nitrogen and oxygen atoms in total. The van der Waals surface area contributed by atoms with Crippen LogP contribution >= 0.6 is 12.4 Å². The maximum Gasteiger partial charge on any atom is 0.273 e. The molecule has 0 saturated carbocycles. The van der Waals surface area contributed by atoms with Gasteiger partial charge in [0.2, 0.25) is 10.0 Å². The Morgan fingerprint density at radius 1 is 1.24 bits per heavy atom. The molecule has 1 heterocycles. The van der Waals surface area contributed by atoms with Gasteiger partial charge in [-0.05, 0) is 57.8 Å². The number of rotatable bonds is 6. The fraction of sp³-hybridized carbons (Fsp3) is 0.625. The van der Waals surface area contributed by atoms with E-state index in [4.69, 9.17) is 0 Å². The van der Waals surface area contributed by atoms with Gasteiger partial charge >= 0.3 is 0 Å². The normalized spacial score (nSPS) is 15.8. The van der Waals surface area contributed by atoms with Crippen LogP contribution in [0.1, 0.15) is 37.3 Å². The van der Waals surface area contributed by atoms with Crippen molar-refractivity contribution in [3.8, 4) is 0 Å². The van der Waals surface area contributed by atoms with Crippen LogP contribution in [-0.4, -0.2) is 43.3 Å². The van der Waals surface area contributed by atoms with Gasteiger partial charge in [-0.25, -0.2) is 8.42 Å². The zero-order valence-electron chi connectivity index (χ0n) is 14.8. The van der Waals surface area contributed by atoms with E-state index in [2.05, 4.69) is 5.32 Å². The molecule has 0 aromatic heterocycles. The van der Waals surface area contributed by atoms with Crippen LogP contribution in [-0.2, 0) is 10.0 Å². The van der Waals surface area contributed by atoms with E-state index >= 15 is 0 Å². The van der Waals surface area contributed by atoms with Crippen LogP contribution in [0.2, 0.25) is 0 Å². The third-order valence-electron chi connectivity index (χ3n) is 4.44. The summed E-state index contributed by atoms with van der Waals surface area (Å²) in [6.45, 7) is 7.25. The van der Waals surface area contributed by atoms with Gasteiger partial charge in [-0.15, -0.1) is 12.4 Å². The second kappa shape index (κ2) is 8.93.